The van der Waals surface area contributed by atoms with Gasteiger partial charge in [0.1, 0.15) is 0 Å². The van der Waals surface area contributed by atoms with E-state index in [0.717, 1.165) is 0 Å². The standard InChI is InChI=1S/C19H21NO4/c1-3-23-17(21)19(18(22)24-4-2,15-10-6-5-7-11-15)14-16-12-8-9-13-20-16/h5-13H,3-4,14H2,1-2H3. The Hall–Kier alpha value is -2.69. The molecular formula is C19H21NO4. The van der Waals surface area contributed by atoms with Crippen LogP contribution in [0.2, 0.25) is 0 Å². The molecule has 0 bridgehead atoms. The minimum atomic E-state index is -1.57. The van der Waals surface area contributed by atoms with Crippen molar-refractivity contribution in [1.29, 1.82) is 0 Å². The first-order valence-electron chi connectivity index (χ1n) is 7.95. The van der Waals surface area contributed by atoms with Crippen LogP contribution in [0, 0.1) is 0 Å². The molecule has 126 valence electrons. The number of pyridine rings is 1. The molecule has 0 aliphatic carbocycles. The van der Waals surface area contributed by atoms with Gasteiger partial charge in [-0.25, -0.2) is 0 Å². The summed E-state index contributed by atoms with van der Waals surface area (Å²) in [5, 5.41) is 0. The molecule has 0 radical (unpaired) electrons. The SMILES string of the molecule is CCOC(=O)C(Cc1ccccn1)(C(=O)OCC)c1ccccc1. The Morgan fingerprint density at radius 3 is 2.00 bits per heavy atom. The molecule has 0 N–H and O–H groups in total. The number of ether oxygens (including phenoxy) is 2. The summed E-state index contributed by atoms with van der Waals surface area (Å²) in [6.45, 7) is 3.77. The van der Waals surface area contributed by atoms with Gasteiger partial charge in [0.2, 0.25) is 0 Å². The van der Waals surface area contributed by atoms with Crippen LogP contribution in [0.5, 0.6) is 0 Å². The van der Waals surface area contributed by atoms with E-state index >= 15 is 0 Å². The Morgan fingerprint density at radius 2 is 1.50 bits per heavy atom. The summed E-state index contributed by atoms with van der Waals surface area (Å²) in [6.07, 6.45) is 1.71. The van der Waals surface area contributed by atoms with E-state index in [9.17, 15) is 9.59 Å². The maximum Gasteiger partial charge on any atom is 0.328 e. The van der Waals surface area contributed by atoms with Crippen molar-refractivity contribution in [3.8, 4) is 0 Å². The molecule has 0 amide bonds. The summed E-state index contributed by atoms with van der Waals surface area (Å²) in [4.78, 5) is 29.9. The summed E-state index contributed by atoms with van der Waals surface area (Å²) in [5.41, 5.74) is -0.420. The lowest BCUT2D eigenvalue weighted by Gasteiger charge is -2.29. The Kier molecular flexibility index (Phi) is 6.07. The third-order valence-corrected chi connectivity index (χ3v) is 3.69. The molecule has 5 heteroatoms. The molecular weight excluding hydrogens is 306 g/mol. The van der Waals surface area contributed by atoms with Gasteiger partial charge in [0.15, 0.2) is 5.41 Å². The molecule has 0 fully saturated rings. The zero-order chi connectivity index (χ0) is 17.4. The van der Waals surface area contributed by atoms with Gasteiger partial charge in [-0.05, 0) is 31.5 Å². The summed E-state index contributed by atoms with van der Waals surface area (Å²) in [5.74, 6) is -1.25. The van der Waals surface area contributed by atoms with Gasteiger partial charge < -0.3 is 9.47 Å². The maximum absolute atomic E-state index is 12.8. The molecule has 1 aromatic carbocycles. The zero-order valence-electron chi connectivity index (χ0n) is 13.9. The smallest absolute Gasteiger partial charge is 0.328 e. The molecule has 0 saturated heterocycles. The molecule has 2 aromatic rings. The zero-order valence-corrected chi connectivity index (χ0v) is 13.9. The molecule has 1 aromatic heterocycles. The lowest BCUT2D eigenvalue weighted by molar-refractivity contribution is -0.165. The van der Waals surface area contributed by atoms with Crippen molar-refractivity contribution < 1.29 is 19.1 Å². The number of nitrogens with zero attached hydrogens (tertiary/aromatic N) is 1. The number of carbonyl (C=O) groups is 2. The third-order valence-electron chi connectivity index (χ3n) is 3.69. The minimum absolute atomic E-state index is 0.0789. The number of carbonyl (C=O) groups excluding carboxylic acids is 2. The maximum atomic E-state index is 12.8. The van der Waals surface area contributed by atoms with Gasteiger partial charge in [-0.3, -0.25) is 14.6 Å². The van der Waals surface area contributed by atoms with Crippen molar-refractivity contribution in [2.75, 3.05) is 13.2 Å². The number of esters is 2. The summed E-state index contributed by atoms with van der Waals surface area (Å²) in [7, 11) is 0. The number of benzene rings is 1. The molecule has 0 spiro atoms. The van der Waals surface area contributed by atoms with E-state index in [4.69, 9.17) is 9.47 Å². The monoisotopic (exact) mass is 327 g/mol. The molecule has 0 aliphatic rings. The Labute approximate surface area is 141 Å². The second kappa shape index (κ2) is 8.24. The lowest BCUT2D eigenvalue weighted by atomic mass is 9.76. The van der Waals surface area contributed by atoms with Crippen LogP contribution in [0.1, 0.15) is 25.1 Å². The Balaban J connectivity index is 2.58. The molecule has 0 atom stereocenters. The van der Waals surface area contributed by atoms with E-state index < -0.39 is 17.4 Å². The van der Waals surface area contributed by atoms with Gasteiger partial charge >= 0.3 is 11.9 Å². The number of hydrogen-bond donors (Lipinski definition) is 0. The fraction of sp³-hybridized carbons (Fsp3) is 0.316. The van der Waals surface area contributed by atoms with Crippen LogP contribution >= 0.6 is 0 Å². The van der Waals surface area contributed by atoms with Crippen LogP contribution < -0.4 is 0 Å². The molecule has 0 unspecified atom stereocenters. The fourth-order valence-electron chi connectivity index (χ4n) is 2.57. The van der Waals surface area contributed by atoms with Crippen LogP contribution in [0.4, 0.5) is 0 Å². The number of rotatable bonds is 7. The molecule has 0 saturated carbocycles. The molecule has 0 aliphatic heterocycles. The largest absolute Gasteiger partial charge is 0.465 e. The lowest BCUT2D eigenvalue weighted by Crippen LogP contribution is -2.48. The second-order valence-corrected chi connectivity index (χ2v) is 5.21. The van der Waals surface area contributed by atoms with E-state index in [-0.39, 0.29) is 19.6 Å². The average Bonchev–Trinajstić information content (AvgIpc) is 2.61. The van der Waals surface area contributed by atoms with Crippen molar-refractivity contribution in [2.45, 2.75) is 25.7 Å². The predicted octanol–water partition coefficient (Wildman–Crippen LogP) is 2.69. The molecule has 1 heterocycles. The summed E-state index contributed by atoms with van der Waals surface area (Å²) >= 11 is 0. The van der Waals surface area contributed by atoms with E-state index in [0.29, 0.717) is 11.3 Å². The van der Waals surface area contributed by atoms with Crippen LogP contribution in [0.15, 0.2) is 54.7 Å². The molecule has 2 rings (SSSR count). The quantitative estimate of drug-likeness (QED) is 0.578. The Morgan fingerprint density at radius 1 is 0.917 bits per heavy atom. The van der Waals surface area contributed by atoms with Crippen molar-refractivity contribution in [2.24, 2.45) is 0 Å². The first-order valence-corrected chi connectivity index (χ1v) is 7.95. The highest BCUT2D eigenvalue weighted by molar-refractivity contribution is 6.06. The van der Waals surface area contributed by atoms with E-state index in [1.807, 2.05) is 12.1 Å². The van der Waals surface area contributed by atoms with Crippen molar-refractivity contribution in [3.63, 3.8) is 0 Å². The first-order chi connectivity index (χ1) is 11.6. The topological polar surface area (TPSA) is 65.5 Å². The Bertz CT molecular complexity index is 652. The fourth-order valence-corrected chi connectivity index (χ4v) is 2.57. The second-order valence-electron chi connectivity index (χ2n) is 5.21. The van der Waals surface area contributed by atoms with Crippen molar-refractivity contribution >= 4 is 11.9 Å². The third kappa shape index (κ3) is 3.62. The molecule has 24 heavy (non-hydrogen) atoms. The van der Waals surface area contributed by atoms with Crippen molar-refractivity contribution in [3.05, 3.63) is 66.0 Å². The molecule has 5 nitrogen and oxygen atoms in total. The number of aromatic nitrogens is 1. The van der Waals surface area contributed by atoms with Crippen molar-refractivity contribution in [1.82, 2.24) is 4.98 Å². The highest BCUT2D eigenvalue weighted by atomic mass is 16.6. The van der Waals surface area contributed by atoms with Gasteiger partial charge in [-0.15, -0.1) is 0 Å². The van der Waals surface area contributed by atoms with Gasteiger partial charge in [0.25, 0.3) is 0 Å². The van der Waals surface area contributed by atoms with E-state index in [1.54, 1.807) is 56.4 Å². The minimum Gasteiger partial charge on any atom is -0.465 e. The predicted molar refractivity (Wildman–Crippen MR) is 89.3 cm³/mol. The number of hydrogen-bond acceptors (Lipinski definition) is 5. The van der Waals surface area contributed by atoms with E-state index in [1.165, 1.54) is 0 Å². The highest BCUT2D eigenvalue weighted by Gasteiger charge is 2.50. The van der Waals surface area contributed by atoms with Gasteiger partial charge in [-0.1, -0.05) is 36.4 Å². The van der Waals surface area contributed by atoms with Gasteiger partial charge in [-0.2, -0.15) is 0 Å². The van der Waals surface area contributed by atoms with E-state index in [2.05, 4.69) is 4.98 Å². The van der Waals surface area contributed by atoms with Gasteiger partial charge in [0.05, 0.1) is 13.2 Å². The normalized spacial score (nSPS) is 10.9. The summed E-state index contributed by atoms with van der Waals surface area (Å²) in [6, 6.07) is 14.2. The van der Waals surface area contributed by atoms with Gasteiger partial charge in [0, 0.05) is 18.3 Å². The van der Waals surface area contributed by atoms with Crippen LogP contribution in [-0.2, 0) is 30.9 Å². The van der Waals surface area contributed by atoms with Crippen LogP contribution in [0.25, 0.3) is 0 Å². The van der Waals surface area contributed by atoms with Crippen LogP contribution in [-0.4, -0.2) is 30.1 Å². The first kappa shape index (κ1) is 17.7. The summed E-state index contributed by atoms with van der Waals surface area (Å²) < 4.78 is 10.5. The average molecular weight is 327 g/mol. The highest BCUT2D eigenvalue weighted by Crippen LogP contribution is 2.31. The van der Waals surface area contributed by atoms with Crippen LogP contribution in [0.3, 0.4) is 0 Å².